The van der Waals surface area contributed by atoms with Crippen LogP contribution in [0.15, 0.2) is 18.7 Å². The molecule has 2 aromatic heterocycles. The second kappa shape index (κ2) is 5.67. The average molecular weight is 287 g/mol. The lowest BCUT2D eigenvalue weighted by Crippen LogP contribution is -2.36. The zero-order valence-corrected chi connectivity index (χ0v) is 12.5. The summed E-state index contributed by atoms with van der Waals surface area (Å²) in [5.74, 6) is 2.94. The van der Waals surface area contributed by atoms with Crippen molar-refractivity contribution >= 4 is 11.9 Å². The first-order valence-electron chi connectivity index (χ1n) is 7.38. The molecule has 0 aliphatic carbocycles. The monoisotopic (exact) mass is 287 g/mol. The molecule has 0 spiro atoms. The van der Waals surface area contributed by atoms with E-state index < -0.39 is 0 Å². The van der Waals surface area contributed by atoms with Crippen LogP contribution >= 0.6 is 0 Å². The fourth-order valence-electron chi connectivity index (χ4n) is 2.77. The smallest absolute Gasteiger partial charge is 0.241 e. The zero-order valence-electron chi connectivity index (χ0n) is 12.5. The van der Waals surface area contributed by atoms with E-state index in [2.05, 4.69) is 38.7 Å². The normalized spacial score (nSPS) is 16.6. The van der Waals surface area contributed by atoms with E-state index in [9.17, 15) is 0 Å². The molecule has 0 radical (unpaired) electrons. The van der Waals surface area contributed by atoms with Gasteiger partial charge in [-0.1, -0.05) is 13.8 Å². The lowest BCUT2D eigenvalue weighted by atomic mass is 9.87. The van der Waals surface area contributed by atoms with Crippen LogP contribution in [0.2, 0.25) is 0 Å². The molecule has 7 heteroatoms. The topological polar surface area (TPSA) is 85.8 Å². The molecule has 0 unspecified atom stereocenters. The van der Waals surface area contributed by atoms with E-state index in [1.807, 2.05) is 0 Å². The van der Waals surface area contributed by atoms with Crippen LogP contribution in [0.25, 0.3) is 5.95 Å². The molecule has 21 heavy (non-hydrogen) atoms. The standard InChI is InChI=1S/C14H21N7/c1-10(2)11-3-6-20(7-4-11)13-17-12(15)18-14(19-13)21-8-5-16-9-21/h5,8-11H,3-4,6-7H2,1-2H3,(H2,15,17,18,19). The molecule has 0 aromatic carbocycles. The van der Waals surface area contributed by atoms with E-state index in [1.54, 1.807) is 23.3 Å². The van der Waals surface area contributed by atoms with E-state index in [4.69, 9.17) is 5.73 Å². The van der Waals surface area contributed by atoms with Crippen LogP contribution in [-0.4, -0.2) is 37.6 Å². The van der Waals surface area contributed by atoms with Gasteiger partial charge in [0.2, 0.25) is 17.8 Å². The second-order valence-electron chi connectivity index (χ2n) is 5.83. The number of nitrogens with two attached hydrogens (primary N) is 1. The largest absolute Gasteiger partial charge is 0.368 e. The van der Waals surface area contributed by atoms with Gasteiger partial charge in [0, 0.05) is 25.5 Å². The first-order valence-corrected chi connectivity index (χ1v) is 7.38. The molecule has 1 fully saturated rings. The van der Waals surface area contributed by atoms with Crippen LogP contribution in [0, 0.1) is 11.8 Å². The summed E-state index contributed by atoms with van der Waals surface area (Å²) >= 11 is 0. The summed E-state index contributed by atoms with van der Waals surface area (Å²) in [5, 5.41) is 0. The van der Waals surface area contributed by atoms with Crippen molar-refractivity contribution in [3.63, 3.8) is 0 Å². The van der Waals surface area contributed by atoms with Gasteiger partial charge in [-0.3, -0.25) is 4.57 Å². The Kier molecular flexibility index (Phi) is 3.72. The molecule has 0 saturated carbocycles. The molecular weight excluding hydrogens is 266 g/mol. The van der Waals surface area contributed by atoms with Crippen molar-refractivity contribution in [3.8, 4) is 5.95 Å². The van der Waals surface area contributed by atoms with E-state index in [-0.39, 0.29) is 5.95 Å². The van der Waals surface area contributed by atoms with Crippen molar-refractivity contribution in [1.82, 2.24) is 24.5 Å². The molecule has 0 bridgehead atoms. The van der Waals surface area contributed by atoms with Crippen LogP contribution in [0.1, 0.15) is 26.7 Å². The second-order valence-corrected chi connectivity index (χ2v) is 5.83. The number of hydrogen-bond acceptors (Lipinski definition) is 6. The van der Waals surface area contributed by atoms with Crippen LogP contribution in [-0.2, 0) is 0 Å². The molecule has 7 nitrogen and oxygen atoms in total. The summed E-state index contributed by atoms with van der Waals surface area (Å²) in [6.07, 6.45) is 7.48. The molecule has 0 amide bonds. The highest BCUT2D eigenvalue weighted by atomic mass is 15.3. The predicted octanol–water partition coefficient (Wildman–Crippen LogP) is 1.51. The molecule has 2 aromatic rings. The van der Waals surface area contributed by atoms with Crippen LogP contribution in [0.3, 0.4) is 0 Å². The first-order chi connectivity index (χ1) is 10.1. The fraction of sp³-hybridized carbons (Fsp3) is 0.571. The van der Waals surface area contributed by atoms with E-state index >= 15 is 0 Å². The Morgan fingerprint density at radius 1 is 1.14 bits per heavy atom. The van der Waals surface area contributed by atoms with Gasteiger partial charge in [-0.25, -0.2) is 4.98 Å². The van der Waals surface area contributed by atoms with Gasteiger partial charge in [-0.15, -0.1) is 0 Å². The van der Waals surface area contributed by atoms with Gasteiger partial charge in [0.25, 0.3) is 0 Å². The molecular formula is C14H21N7. The fourth-order valence-corrected chi connectivity index (χ4v) is 2.77. The highest BCUT2D eigenvalue weighted by Crippen LogP contribution is 2.26. The maximum Gasteiger partial charge on any atom is 0.241 e. The molecule has 1 aliphatic heterocycles. The van der Waals surface area contributed by atoms with Crippen molar-refractivity contribution < 1.29 is 0 Å². The van der Waals surface area contributed by atoms with Gasteiger partial charge < -0.3 is 10.6 Å². The number of rotatable bonds is 3. The summed E-state index contributed by atoms with van der Waals surface area (Å²) in [4.78, 5) is 19.2. The Hall–Kier alpha value is -2.18. The number of piperidine rings is 1. The molecule has 112 valence electrons. The zero-order chi connectivity index (χ0) is 14.8. The van der Waals surface area contributed by atoms with Gasteiger partial charge in [0.1, 0.15) is 6.33 Å². The lowest BCUT2D eigenvalue weighted by molar-refractivity contribution is 0.310. The molecule has 0 atom stereocenters. The summed E-state index contributed by atoms with van der Waals surface area (Å²) < 4.78 is 1.74. The average Bonchev–Trinajstić information content (AvgIpc) is 3.01. The number of aromatic nitrogens is 5. The Labute approximate surface area is 124 Å². The Balaban J connectivity index is 1.80. The molecule has 1 saturated heterocycles. The maximum atomic E-state index is 5.83. The summed E-state index contributed by atoms with van der Waals surface area (Å²) in [6, 6.07) is 0. The molecule has 3 rings (SSSR count). The number of nitrogen functional groups attached to an aromatic ring is 1. The van der Waals surface area contributed by atoms with Crippen molar-refractivity contribution in [3.05, 3.63) is 18.7 Å². The third-order valence-corrected chi connectivity index (χ3v) is 4.13. The number of hydrogen-bond donors (Lipinski definition) is 1. The van der Waals surface area contributed by atoms with E-state index in [0.717, 1.165) is 24.9 Å². The molecule has 2 N–H and O–H groups in total. The molecule has 3 heterocycles. The van der Waals surface area contributed by atoms with Crippen molar-refractivity contribution in [2.45, 2.75) is 26.7 Å². The van der Waals surface area contributed by atoms with Gasteiger partial charge in [-0.05, 0) is 24.7 Å². The van der Waals surface area contributed by atoms with E-state index in [1.165, 1.54) is 12.8 Å². The Bertz CT molecular complexity index is 585. The van der Waals surface area contributed by atoms with Crippen LogP contribution < -0.4 is 10.6 Å². The van der Waals surface area contributed by atoms with Crippen LogP contribution in [0.4, 0.5) is 11.9 Å². The minimum atomic E-state index is 0.245. The van der Waals surface area contributed by atoms with Crippen LogP contribution in [0.5, 0.6) is 0 Å². The number of nitrogens with zero attached hydrogens (tertiary/aromatic N) is 6. The van der Waals surface area contributed by atoms with Gasteiger partial charge >= 0.3 is 0 Å². The van der Waals surface area contributed by atoms with Gasteiger partial charge in [0.15, 0.2) is 0 Å². The number of imidazole rings is 1. The summed E-state index contributed by atoms with van der Waals surface area (Å²) in [5.41, 5.74) is 5.83. The first kappa shape index (κ1) is 13.8. The Morgan fingerprint density at radius 2 is 1.86 bits per heavy atom. The SMILES string of the molecule is CC(C)C1CCN(c2nc(N)nc(-n3ccnc3)n2)CC1. The third-order valence-electron chi connectivity index (χ3n) is 4.13. The lowest BCUT2D eigenvalue weighted by Gasteiger charge is -2.33. The van der Waals surface area contributed by atoms with Crippen molar-refractivity contribution in [2.75, 3.05) is 23.7 Å². The van der Waals surface area contributed by atoms with Crippen molar-refractivity contribution in [1.29, 1.82) is 0 Å². The minimum absolute atomic E-state index is 0.245. The maximum absolute atomic E-state index is 5.83. The molecule has 1 aliphatic rings. The van der Waals surface area contributed by atoms with Gasteiger partial charge in [0.05, 0.1) is 0 Å². The summed E-state index contributed by atoms with van der Waals surface area (Å²) in [7, 11) is 0. The quantitative estimate of drug-likeness (QED) is 0.921. The van der Waals surface area contributed by atoms with E-state index in [0.29, 0.717) is 11.9 Å². The summed E-state index contributed by atoms with van der Waals surface area (Å²) in [6.45, 7) is 6.52. The van der Waals surface area contributed by atoms with Crippen molar-refractivity contribution in [2.24, 2.45) is 11.8 Å². The minimum Gasteiger partial charge on any atom is -0.368 e. The predicted molar refractivity (Wildman–Crippen MR) is 81.1 cm³/mol. The van der Waals surface area contributed by atoms with Gasteiger partial charge in [-0.2, -0.15) is 15.0 Å². The highest BCUT2D eigenvalue weighted by molar-refractivity contribution is 5.38. The Morgan fingerprint density at radius 3 is 2.48 bits per heavy atom. The number of anilines is 2. The third kappa shape index (κ3) is 2.96. The highest BCUT2D eigenvalue weighted by Gasteiger charge is 2.23.